The molecule has 0 spiro atoms. The van der Waals surface area contributed by atoms with Gasteiger partial charge in [0.05, 0.1) is 11.8 Å². The van der Waals surface area contributed by atoms with E-state index in [0.717, 1.165) is 19.3 Å². The Hall–Kier alpha value is -1.45. The lowest BCUT2D eigenvalue weighted by Gasteiger charge is -2.27. The first kappa shape index (κ1) is 15.9. The number of carbonyl (C=O) groups is 1. The van der Waals surface area contributed by atoms with Crippen molar-refractivity contribution in [2.24, 2.45) is 5.14 Å². The van der Waals surface area contributed by atoms with Crippen molar-refractivity contribution >= 4 is 16.0 Å². The summed E-state index contributed by atoms with van der Waals surface area (Å²) in [5, 5.41) is 11.2. The molecule has 1 heterocycles. The van der Waals surface area contributed by atoms with Crippen LogP contribution in [0.15, 0.2) is 4.90 Å². The maximum atomic E-state index is 12.1. The summed E-state index contributed by atoms with van der Waals surface area (Å²) in [6.07, 6.45) is 2.87. The molecule has 1 fully saturated rings. The third kappa shape index (κ3) is 3.60. The van der Waals surface area contributed by atoms with Crippen LogP contribution in [0.3, 0.4) is 0 Å². The van der Waals surface area contributed by atoms with Gasteiger partial charge in [-0.3, -0.25) is 5.10 Å². The Morgan fingerprint density at radius 2 is 2.05 bits per heavy atom. The number of sulfonamides is 1. The molecule has 2 atom stereocenters. The lowest BCUT2D eigenvalue weighted by atomic mass is 9.95. The maximum absolute atomic E-state index is 12.1. The Bertz CT molecular complexity index is 625. The highest BCUT2D eigenvalue weighted by molar-refractivity contribution is 7.89. The first-order valence-electron chi connectivity index (χ1n) is 6.64. The Morgan fingerprint density at radius 1 is 1.38 bits per heavy atom. The van der Waals surface area contributed by atoms with E-state index in [-0.39, 0.29) is 28.5 Å². The lowest BCUT2D eigenvalue weighted by molar-refractivity contribution is -0.0155. The largest absolute Gasteiger partial charge is 0.457 e. The smallest absolute Gasteiger partial charge is 0.360 e. The van der Waals surface area contributed by atoms with E-state index in [4.69, 9.17) is 14.6 Å². The third-order valence-electron chi connectivity index (χ3n) is 3.55. The number of nitrogens with two attached hydrogens (primary N) is 1. The van der Waals surface area contributed by atoms with E-state index in [2.05, 4.69) is 10.2 Å². The Kier molecular flexibility index (Phi) is 4.64. The minimum absolute atomic E-state index is 0.0511. The standard InChI is InChI=1S/C12H19N3O5S/c1-7-11(21(13,17)18)10(15-14-7)12(16)20-9-5-3-4-8(6-9)19-2/h8-9H,3-6H2,1-2H3,(H,14,15)(H2,13,17,18). The van der Waals surface area contributed by atoms with Crippen LogP contribution in [0.5, 0.6) is 0 Å². The van der Waals surface area contributed by atoms with Crippen molar-refractivity contribution in [3.63, 3.8) is 0 Å². The summed E-state index contributed by atoms with van der Waals surface area (Å²) in [6, 6.07) is 0. The molecule has 0 aromatic carbocycles. The maximum Gasteiger partial charge on any atom is 0.360 e. The van der Waals surface area contributed by atoms with Crippen LogP contribution in [0.4, 0.5) is 0 Å². The average Bonchev–Trinajstić information content (AvgIpc) is 2.81. The summed E-state index contributed by atoms with van der Waals surface area (Å²) < 4.78 is 33.6. The Morgan fingerprint density at radius 3 is 2.67 bits per heavy atom. The summed E-state index contributed by atoms with van der Waals surface area (Å²) in [4.78, 5) is 11.8. The van der Waals surface area contributed by atoms with Crippen LogP contribution in [0.1, 0.15) is 41.9 Å². The van der Waals surface area contributed by atoms with Gasteiger partial charge in [-0.15, -0.1) is 0 Å². The minimum atomic E-state index is -4.04. The third-order valence-corrected chi connectivity index (χ3v) is 4.62. The number of aromatic amines is 1. The van der Waals surface area contributed by atoms with E-state index in [1.165, 1.54) is 6.92 Å². The predicted octanol–water partition coefficient (Wildman–Crippen LogP) is 0.480. The summed E-state index contributed by atoms with van der Waals surface area (Å²) in [5.41, 5.74) is -0.0857. The van der Waals surface area contributed by atoms with Crippen LogP contribution >= 0.6 is 0 Å². The molecule has 3 N–H and O–H groups in total. The van der Waals surface area contributed by atoms with Crippen LogP contribution in [0, 0.1) is 6.92 Å². The number of nitrogens with zero attached hydrogens (tertiary/aromatic N) is 1. The minimum Gasteiger partial charge on any atom is -0.457 e. The van der Waals surface area contributed by atoms with Gasteiger partial charge in [0.25, 0.3) is 0 Å². The molecule has 2 unspecified atom stereocenters. The number of H-pyrrole nitrogens is 1. The topological polar surface area (TPSA) is 124 Å². The van der Waals surface area contributed by atoms with Crippen LogP contribution in [-0.2, 0) is 19.5 Å². The number of esters is 1. The summed E-state index contributed by atoms with van der Waals surface area (Å²) in [5.74, 6) is -0.787. The van der Waals surface area contributed by atoms with Gasteiger partial charge in [0.1, 0.15) is 11.0 Å². The fourth-order valence-corrected chi connectivity index (χ4v) is 3.41. The first-order valence-corrected chi connectivity index (χ1v) is 8.19. The van der Waals surface area contributed by atoms with Crippen molar-refractivity contribution in [3.8, 4) is 0 Å². The molecule has 0 aliphatic heterocycles. The number of methoxy groups -OCH3 is 1. The van der Waals surface area contributed by atoms with Gasteiger partial charge >= 0.3 is 5.97 Å². The van der Waals surface area contributed by atoms with Crippen molar-refractivity contribution in [3.05, 3.63) is 11.4 Å². The number of primary sulfonamides is 1. The Labute approximate surface area is 123 Å². The molecule has 0 radical (unpaired) electrons. The molecule has 2 rings (SSSR count). The molecule has 9 heteroatoms. The quantitative estimate of drug-likeness (QED) is 0.778. The van der Waals surface area contributed by atoms with E-state index in [1.807, 2.05) is 0 Å². The van der Waals surface area contributed by atoms with E-state index >= 15 is 0 Å². The van der Waals surface area contributed by atoms with Crippen LogP contribution in [0.2, 0.25) is 0 Å². The molecule has 8 nitrogen and oxygen atoms in total. The van der Waals surface area contributed by atoms with Crippen molar-refractivity contribution in [1.82, 2.24) is 10.2 Å². The number of hydrogen-bond donors (Lipinski definition) is 2. The molecular formula is C12H19N3O5S. The molecule has 1 saturated carbocycles. The van der Waals surface area contributed by atoms with Gasteiger partial charge in [-0.05, 0) is 26.2 Å². The average molecular weight is 317 g/mol. The number of rotatable bonds is 4. The van der Waals surface area contributed by atoms with Crippen molar-refractivity contribution in [2.75, 3.05) is 7.11 Å². The van der Waals surface area contributed by atoms with Gasteiger partial charge in [-0.25, -0.2) is 18.4 Å². The first-order chi connectivity index (χ1) is 9.82. The van der Waals surface area contributed by atoms with Gasteiger partial charge in [-0.1, -0.05) is 0 Å². The van der Waals surface area contributed by atoms with E-state index < -0.39 is 16.0 Å². The lowest BCUT2D eigenvalue weighted by Crippen LogP contribution is -2.30. The predicted molar refractivity (Wildman–Crippen MR) is 73.2 cm³/mol. The number of aromatic nitrogens is 2. The number of carbonyl (C=O) groups excluding carboxylic acids is 1. The molecule has 0 saturated heterocycles. The number of nitrogens with one attached hydrogen (secondary N) is 1. The second-order valence-electron chi connectivity index (χ2n) is 5.12. The van der Waals surface area contributed by atoms with Gasteiger partial charge in [0.15, 0.2) is 5.69 Å². The monoisotopic (exact) mass is 317 g/mol. The second kappa shape index (κ2) is 6.12. The van der Waals surface area contributed by atoms with Crippen molar-refractivity contribution in [1.29, 1.82) is 0 Å². The Balaban J connectivity index is 2.15. The van der Waals surface area contributed by atoms with E-state index in [9.17, 15) is 13.2 Å². The van der Waals surface area contributed by atoms with E-state index in [0.29, 0.717) is 6.42 Å². The molecular weight excluding hydrogens is 298 g/mol. The zero-order valence-corrected chi connectivity index (χ0v) is 12.8. The SMILES string of the molecule is COC1CCCC(OC(=O)c2n[nH]c(C)c2S(N)(=O)=O)C1. The molecule has 118 valence electrons. The van der Waals surface area contributed by atoms with Gasteiger partial charge in [0.2, 0.25) is 10.0 Å². The van der Waals surface area contributed by atoms with Crippen molar-refractivity contribution < 1.29 is 22.7 Å². The summed E-state index contributed by atoms with van der Waals surface area (Å²) in [7, 11) is -2.43. The second-order valence-corrected chi connectivity index (χ2v) is 6.62. The summed E-state index contributed by atoms with van der Waals surface area (Å²) in [6.45, 7) is 1.48. The van der Waals surface area contributed by atoms with Gasteiger partial charge < -0.3 is 9.47 Å². The highest BCUT2D eigenvalue weighted by atomic mass is 32.2. The zero-order valence-electron chi connectivity index (χ0n) is 12.0. The molecule has 0 amide bonds. The molecule has 0 bridgehead atoms. The molecule has 21 heavy (non-hydrogen) atoms. The fourth-order valence-electron chi connectivity index (χ4n) is 2.54. The molecule has 1 aliphatic carbocycles. The van der Waals surface area contributed by atoms with Crippen LogP contribution < -0.4 is 5.14 Å². The molecule has 1 aliphatic rings. The molecule has 1 aromatic heterocycles. The summed E-state index contributed by atoms with van der Waals surface area (Å²) >= 11 is 0. The fraction of sp³-hybridized carbons (Fsp3) is 0.667. The normalized spacial score (nSPS) is 23.0. The van der Waals surface area contributed by atoms with E-state index in [1.54, 1.807) is 7.11 Å². The molecule has 1 aromatic rings. The highest BCUT2D eigenvalue weighted by Gasteiger charge is 2.30. The van der Waals surface area contributed by atoms with Gasteiger partial charge in [-0.2, -0.15) is 5.10 Å². The van der Waals surface area contributed by atoms with Gasteiger partial charge in [0, 0.05) is 13.5 Å². The van der Waals surface area contributed by atoms with Crippen LogP contribution in [-0.4, -0.2) is 43.9 Å². The number of hydrogen-bond acceptors (Lipinski definition) is 6. The number of ether oxygens (including phenoxy) is 2. The van der Waals surface area contributed by atoms with Crippen molar-refractivity contribution in [2.45, 2.75) is 49.7 Å². The zero-order chi connectivity index (χ0) is 15.6. The highest BCUT2D eigenvalue weighted by Crippen LogP contribution is 2.25. The number of aryl methyl sites for hydroxylation is 1. The van der Waals surface area contributed by atoms with Crippen LogP contribution in [0.25, 0.3) is 0 Å².